The van der Waals surface area contributed by atoms with Gasteiger partial charge in [0, 0.05) is 11.1 Å². The summed E-state index contributed by atoms with van der Waals surface area (Å²) >= 11 is 0. The molecule has 1 saturated carbocycles. The fourth-order valence-electron chi connectivity index (χ4n) is 5.84. The smallest absolute Gasteiger partial charge is 0.118 e. The standard InChI is InChI=1S/C34H38N2O/c1-3-4-5-6-7-8-25-9-11-26(12-10-25)27-13-15-28(16-14-27)31-21-22-32(34(24-36)33(31)23-35)29-17-19-30(37-2)20-18-29/h13-22,25-26H,3-12H2,1-2H3. The average molecular weight is 491 g/mol. The molecule has 0 aliphatic heterocycles. The van der Waals surface area contributed by atoms with Crippen molar-refractivity contribution in [2.45, 2.75) is 77.0 Å². The van der Waals surface area contributed by atoms with Crippen molar-refractivity contribution in [3.8, 4) is 40.1 Å². The van der Waals surface area contributed by atoms with E-state index in [1.165, 1.54) is 69.8 Å². The van der Waals surface area contributed by atoms with Gasteiger partial charge in [-0.2, -0.15) is 10.5 Å². The fraction of sp³-hybridized carbons (Fsp3) is 0.412. The van der Waals surface area contributed by atoms with E-state index in [0.717, 1.165) is 33.9 Å². The number of unbranched alkanes of at least 4 members (excludes halogenated alkanes) is 4. The second-order valence-corrected chi connectivity index (χ2v) is 10.4. The van der Waals surface area contributed by atoms with E-state index in [2.05, 4.69) is 43.3 Å². The Morgan fingerprint density at radius 1 is 0.703 bits per heavy atom. The van der Waals surface area contributed by atoms with Crippen LogP contribution < -0.4 is 4.74 Å². The van der Waals surface area contributed by atoms with Crippen molar-refractivity contribution in [1.82, 2.24) is 0 Å². The highest BCUT2D eigenvalue weighted by atomic mass is 16.5. The number of benzene rings is 3. The number of nitrogens with zero attached hydrogens (tertiary/aromatic N) is 2. The summed E-state index contributed by atoms with van der Waals surface area (Å²) in [5.41, 5.74) is 5.72. The number of rotatable bonds is 10. The molecular weight excluding hydrogens is 452 g/mol. The lowest BCUT2D eigenvalue weighted by molar-refractivity contribution is 0.302. The minimum absolute atomic E-state index is 0.419. The molecule has 1 fully saturated rings. The van der Waals surface area contributed by atoms with Gasteiger partial charge < -0.3 is 4.74 Å². The van der Waals surface area contributed by atoms with Crippen molar-refractivity contribution in [1.29, 1.82) is 10.5 Å². The minimum atomic E-state index is 0.419. The fourth-order valence-corrected chi connectivity index (χ4v) is 5.84. The van der Waals surface area contributed by atoms with Crippen LogP contribution in [-0.4, -0.2) is 7.11 Å². The molecule has 0 unspecified atom stereocenters. The van der Waals surface area contributed by atoms with Crippen LogP contribution in [-0.2, 0) is 0 Å². The number of methoxy groups -OCH3 is 1. The van der Waals surface area contributed by atoms with Crippen molar-refractivity contribution in [2.75, 3.05) is 7.11 Å². The zero-order valence-corrected chi connectivity index (χ0v) is 22.3. The molecule has 3 nitrogen and oxygen atoms in total. The van der Waals surface area contributed by atoms with E-state index in [0.29, 0.717) is 17.0 Å². The number of hydrogen-bond donors (Lipinski definition) is 0. The Kier molecular flexibility index (Phi) is 9.40. The van der Waals surface area contributed by atoms with Crippen molar-refractivity contribution in [3.63, 3.8) is 0 Å². The van der Waals surface area contributed by atoms with Crippen LogP contribution in [0.5, 0.6) is 5.75 Å². The van der Waals surface area contributed by atoms with Gasteiger partial charge in [0.05, 0.1) is 18.2 Å². The van der Waals surface area contributed by atoms with E-state index >= 15 is 0 Å². The maximum atomic E-state index is 10.0. The van der Waals surface area contributed by atoms with Crippen LogP contribution in [0.3, 0.4) is 0 Å². The predicted molar refractivity (Wildman–Crippen MR) is 151 cm³/mol. The molecule has 0 atom stereocenters. The minimum Gasteiger partial charge on any atom is -0.497 e. The first-order chi connectivity index (χ1) is 18.2. The summed E-state index contributed by atoms with van der Waals surface area (Å²) in [6, 6.07) is 24.8. The third-order valence-electron chi connectivity index (χ3n) is 8.09. The van der Waals surface area contributed by atoms with Gasteiger partial charge in [0.1, 0.15) is 17.9 Å². The lowest BCUT2D eigenvalue weighted by atomic mass is 9.77. The Morgan fingerprint density at radius 2 is 1.24 bits per heavy atom. The van der Waals surface area contributed by atoms with E-state index in [-0.39, 0.29) is 0 Å². The molecule has 3 heteroatoms. The first-order valence-corrected chi connectivity index (χ1v) is 13.9. The van der Waals surface area contributed by atoms with Gasteiger partial charge in [-0.05, 0) is 66.3 Å². The molecule has 190 valence electrons. The molecule has 3 aromatic rings. The second-order valence-electron chi connectivity index (χ2n) is 10.4. The molecule has 4 rings (SSSR count). The van der Waals surface area contributed by atoms with Gasteiger partial charge in [0.25, 0.3) is 0 Å². The van der Waals surface area contributed by atoms with E-state index in [1.807, 2.05) is 36.4 Å². The van der Waals surface area contributed by atoms with Crippen LogP contribution in [0.1, 0.15) is 93.7 Å². The highest BCUT2D eigenvalue weighted by Gasteiger charge is 2.22. The van der Waals surface area contributed by atoms with Crippen LogP contribution >= 0.6 is 0 Å². The highest BCUT2D eigenvalue weighted by Crippen LogP contribution is 2.39. The van der Waals surface area contributed by atoms with Crippen molar-refractivity contribution < 1.29 is 4.74 Å². The summed E-state index contributed by atoms with van der Waals surface area (Å²) < 4.78 is 5.25. The van der Waals surface area contributed by atoms with Gasteiger partial charge in [0.2, 0.25) is 0 Å². The van der Waals surface area contributed by atoms with Crippen molar-refractivity contribution in [3.05, 3.63) is 77.4 Å². The number of ether oxygens (including phenoxy) is 1. The average Bonchev–Trinajstić information content (AvgIpc) is 2.96. The Balaban J connectivity index is 1.45. The van der Waals surface area contributed by atoms with Crippen molar-refractivity contribution in [2.24, 2.45) is 5.92 Å². The van der Waals surface area contributed by atoms with Crippen LogP contribution in [0.15, 0.2) is 60.7 Å². The molecule has 0 spiro atoms. The zero-order valence-electron chi connectivity index (χ0n) is 22.3. The molecule has 0 bridgehead atoms. The SMILES string of the molecule is CCCCCCCC1CCC(c2ccc(-c3ccc(-c4ccc(OC)cc4)c(C#N)c3C#N)cc2)CC1. The molecule has 0 N–H and O–H groups in total. The molecule has 0 heterocycles. The molecule has 0 saturated heterocycles. The van der Waals surface area contributed by atoms with Gasteiger partial charge in [-0.3, -0.25) is 0 Å². The molecule has 0 amide bonds. The van der Waals surface area contributed by atoms with E-state index < -0.39 is 0 Å². The van der Waals surface area contributed by atoms with Gasteiger partial charge in [-0.25, -0.2) is 0 Å². The van der Waals surface area contributed by atoms with E-state index in [9.17, 15) is 10.5 Å². The van der Waals surface area contributed by atoms with Crippen LogP contribution in [0.25, 0.3) is 22.3 Å². The second kappa shape index (κ2) is 13.1. The predicted octanol–water partition coefficient (Wildman–Crippen LogP) is 9.41. The summed E-state index contributed by atoms with van der Waals surface area (Å²) in [7, 11) is 1.63. The topological polar surface area (TPSA) is 56.8 Å². The first kappa shape index (κ1) is 26.5. The Morgan fingerprint density at radius 3 is 1.76 bits per heavy atom. The summed E-state index contributed by atoms with van der Waals surface area (Å²) in [5.74, 6) is 2.30. The summed E-state index contributed by atoms with van der Waals surface area (Å²) in [5, 5.41) is 20.0. The zero-order chi connectivity index (χ0) is 26.0. The lowest BCUT2D eigenvalue weighted by Crippen LogP contribution is -2.13. The van der Waals surface area contributed by atoms with E-state index in [1.54, 1.807) is 7.11 Å². The summed E-state index contributed by atoms with van der Waals surface area (Å²) in [6.45, 7) is 2.28. The molecule has 0 aromatic heterocycles. The summed E-state index contributed by atoms with van der Waals surface area (Å²) in [6.07, 6.45) is 13.5. The van der Waals surface area contributed by atoms with Crippen LogP contribution in [0.4, 0.5) is 0 Å². The molecule has 37 heavy (non-hydrogen) atoms. The Hall–Kier alpha value is -3.56. The monoisotopic (exact) mass is 490 g/mol. The Labute approximate surface area is 222 Å². The van der Waals surface area contributed by atoms with Crippen LogP contribution in [0, 0.1) is 28.6 Å². The third-order valence-corrected chi connectivity index (χ3v) is 8.09. The van der Waals surface area contributed by atoms with Crippen molar-refractivity contribution >= 4 is 0 Å². The quantitative estimate of drug-likeness (QED) is 0.266. The number of hydrogen-bond acceptors (Lipinski definition) is 3. The Bertz CT molecular complexity index is 1240. The number of nitriles is 2. The van der Waals surface area contributed by atoms with Gasteiger partial charge in [-0.1, -0.05) is 94.0 Å². The highest BCUT2D eigenvalue weighted by molar-refractivity contribution is 5.82. The summed E-state index contributed by atoms with van der Waals surface area (Å²) in [4.78, 5) is 0. The first-order valence-electron chi connectivity index (χ1n) is 13.9. The van der Waals surface area contributed by atoms with E-state index in [4.69, 9.17) is 4.74 Å². The molecule has 1 aliphatic carbocycles. The molecule has 1 aliphatic rings. The molecular formula is C34H38N2O. The third kappa shape index (κ3) is 6.42. The molecule has 3 aromatic carbocycles. The van der Waals surface area contributed by atoms with Gasteiger partial charge >= 0.3 is 0 Å². The maximum Gasteiger partial charge on any atom is 0.118 e. The molecule has 0 radical (unpaired) electrons. The van der Waals surface area contributed by atoms with Gasteiger partial charge in [-0.15, -0.1) is 0 Å². The maximum absolute atomic E-state index is 10.0. The lowest BCUT2D eigenvalue weighted by Gasteiger charge is -2.29. The van der Waals surface area contributed by atoms with Gasteiger partial charge in [0.15, 0.2) is 0 Å². The largest absolute Gasteiger partial charge is 0.497 e. The van der Waals surface area contributed by atoms with Crippen LogP contribution in [0.2, 0.25) is 0 Å². The normalized spacial score (nSPS) is 17.1.